The molecule has 0 radical (unpaired) electrons. The molecule has 84 valence electrons. The van der Waals surface area contributed by atoms with Crippen molar-refractivity contribution in [3.05, 3.63) is 0 Å². The Hall–Kier alpha value is -0.160. The summed E-state index contributed by atoms with van der Waals surface area (Å²) in [6.07, 6.45) is 3.30. The van der Waals surface area contributed by atoms with Crippen molar-refractivity contribution in [1.29, 1.82) is 0 Å². The second-order valence-corrected chi connectivity index (χ2v) is 3.84. The fraction of sp³-hybridized carbons (Fsp3) is 1.00. The Kier molecular flexibility index (Phi) is 6.10. The highest BCUT2D eigenvalue weighted by atomic mass is 16.3. The number of hydrogen-bond acceptors (Lipinski definition) is 4. The van der Waals surface area contributed by atoms with Crippen molar-refractivity contribution in [2.24, 2.45) is 0 Å². The monoisotopic (exact) mass is 202 g/mol. The molecule has 0 saturated carbocycles. The molecule has 0 aromatic rings. The number of rotatable bonds is 7. The minimum Gasteiger partial charge on any atom is -0.396 e. The summed E-state index contributed by atoms with van der Waals surface area (Å²) in [5.74, 6) is 0. The average molecular weight is 202 g/mol. The van der Waals surface area contributed by atoms with E-state index in [0.717, 1.165) is 32.6 Å². The molecule has 0 aliphatic carbocycles. The Labute approximate surface area is 85.9 Å². The SMILES string of the molecule is OCCCNCC1CCCN1CCO. The van der Waals surface area contributed by atoms with Crippen molar-refractivity contribution >= 4 is 0 Å². The molecule has 1 atom stereocenters. The zero-order valence-corrected chi connectivity index (χ0v) is 8.78. The van der Waals surface area contributed by atoms with Crippen LogP contribution >= 0.6 is 0 Å². The van der Waals surface area contributed by atoms with Crippen molar-refractivity contribution in [1.82, 2.24) is 10.2 Å². The van der Waals surface area contributed by atoms with Crippen molar-refractivity contribution in [3.63, 3.8) is 0 Å². The normalized spacial score (nSPS) is 23.1. The standard InChI is InChI=1S/C10H22N2O2/c13-7-2-4-11-9-10-3-1-5-12(10)6-8-14/h10-11,13-14H,1-9H2. The van der Waals surface area contributed by atoms with Gasteiger partial charge in [-0.15, -0.1) is 0 Å². The van der Waals surface area contributed by atoms with Crippen molar-refractivity contribution in [2.45, 2.75) is 25.3 Å². The molecule has 0 amide bonds. The molecule has 4 nitrogen and oxygen atoms in total. The van der Waals surface area contributed by atoms with Crippen LogP contribution in [0.25, 0.3) is 0 Å². The molecular formula is C10H22N2O2. The highest BCUT2D eigenvalue weighted by molar-refractivity contribution is 4.80. The van der Waals surface area contributed by atoms with E-state index in [0.29, 0.717) is 6.04 Å². The maximum absolute atomic E-state index is 8.86. The Balaban J connectivity index is 2.09. The van der Waals surface area contributed by atoms with E-state index in [1.165, 1.54) is 12.8 Å². The van der Waals surface area contributed by atoms with Gasteiger partial charge in [-0.25, -0.2) is 0 Å². The largest absolute Gasteiger partial charge is 0.396 e. The van der Waals surface area contributed by atoms with Gasteiger partial charge in [0, 0.05) is 25.7 Å². The van der Waals surface area contributed by atoms with E-state index in [1.807, 2.05) is 0 Å². The van der Waals surface area contributed by atoms with E-state index in [9.17, 15) is 0 Å². The fourth-order valence-corrected chi connectivity index (χ4v) is 2.02. The molecule has 3 N–H and O–H groups in total. The van der Waals surface area contributed by atoms with Gasteiger partial charge in [-0.05, 0) is 32.4 Å². The highest BCUT2D eigenvalue weighted by Gasteiger charge is 2.22. The smallest absolute Gasteiger partial charge is 0.0558 e. The minimum atomic E-state index is 0.257. The second-order valence-electron chi connectivity index (χ2n) is 3.84. The predicted molar refractivity (Wildman–Crippen MR) is 56.3 cm³/mol. The number of aliphatic hydroxyl groups is 2. The molecule has 1 aliphatic rings. The Bertz CT molecular complexity index is 144. The first-order chi connectivity index (χ1) is 6.88. The van der Waals surface area contributed by atoms with Gasteiger partial charge in [0.05, 0.1) is 6.61 Å². The van der Waals surface area contributed by atoms with Gasteiger partial charge in [-0.2, -0.15) is 0 Å². The second kappa shape index (κ2) is 7.17. The van der Waals surface area contributed by atoms with E-state index in [1.54, 1.807) is 0 Å². The fourth-order valence-electron chi connectivity index (χ4n) is 2.02. The summed E-state index contributed by atoms with van der Waals surface area (Å²) in [7, 11) is 0. The van der Waals surface area contributed by atoms with Crippen LogP contribution in [0, 0.1) is 0 Å². The number of aliphatic hydroxyl groups excluding tert-OH is 2. The van der Waals surface area contributed by atoms with Gasteiger partial charge in [0.1, 0.15) is 0 Å². The quantitative estimate of drug-likeness (QED) is 0.483. The van der Waals surface area contributed by atoms with Gasteiger partial charge in [0.15, 0.2) is 0 Å². The van der Waals surface area contributed by atoms with Crippen LogP contribution in [0.3, 0.4) is 0 Å². The first-order valence-corrected chi connectivity index (χ1v) is 5.55. The summed E-state index contributed by atoms with van der Waals surface area (Å²) < 4.78 is 0. The third-order valence-electron chi connectivity index (χ3n) is 2.78. The van der Waals surface area contributed by atoms with Crippen molar-refractivity contribution < 1.29 is 10.2 Å². The predicted octanol–water partition coefficient (Wildman–Crippen LogP) is -0.585. The lowest BCUT2D eigenvalue weighted by Gasteiger charge is -2.23. The van der Waals surface area contributed by atoms with Crippen molar-refractivity contribution in [2.75, 3.05) is 39.4 Å². The van der Waals surface area contributed by atoms with Gasteiger partial charge in [0.25, 0.3) is 0 Å². The molecular weight excluding hydrogens is 180 g/mol. The molecule has 1 aliphatic heterocycles. The van der Waals surface area contributed by atoms with Crippen LogP contribution in [0.4, 0.5) is 0 Å². The van der Waals surface area contributed by atoms with Crippen LogP contribution in [-0.4, -0.2) is 60.5 Å². The summed E-state index contributed by atoms with van der Waals surface area (Å²) in [6, 6.07) is 0.584. The lowest BCUT2D eigenvalue weighted by atomic mass is 10.2. The lowest BCUT2D eigenvalue weighted by molar-refractivity contribution is 0.182. The van der Waals surface area contributed by atoms with Crippen LogP contribution < -0.4 is 5.32 Å². The van der Waals surface area contributed by atoms with E-state index in [-0.39, 0.29) is 13.2 Å². The van der Waals surface area contributed by atoms with Gasteiger partial charge in [0.2, 0.25) is 0 Å². The summed E-state index contributed by atoms with van der Waals surface area (Å²) in [6.45, 7) is 4.31. The van der Waals surface area contributed by atoms with Gasteiger partial charge in [-0.3, -0.25) is 4.90 Å². The molecule has 1 saturated heterocycles. The molecule has 0 spiro atoms. The summed E-state index contributed by atoms with van der Waals surface area (Å²) >= 11 is 0. The molecule has 1 unspecified atom stereocenters. The Morgan fingerprint density at radius 1 is 1.29 bits per heavy atom. The minimum absolute atomic E-state index is 0.257. The number of β-amino-alcohol motifs (C(OH)–C–C–N with tert-alkyl or cyclic N) is 1. The van der Waals surface area contributed by atoms with Gasteiger partial charge < -0.3 is 15.5 Å². The van der Waals surface area contributed by atoms with Gasteiger partial charge in [-0.1, -0.05) is 0 Å². The highest BCUT2D eigenvalue weighted by Crippen LogP contribution is 2.15. The number of nitrogens with one attached hydrogen (secondary N) is 1. The molecule has 14 heavy (non-hydrogen) atoms. The Morgan fingerprint density at radius 3 is 2.86 bits per heavy atom. The van der Waals surface area contributed by atoms with Crippen LogP contribution in [0.5, 0.6) is 0 Å². The number of nitrogens with zero attached hydrogens (tertiary/aromatic N) is 1. The third-order valence-corrected chi connectivity index (χ3v) is 2.78. The van der Waals surface area contributed by atoms with E-state index >= 15 is 0 Å². The Morgan fingerprint density at radius 2 is 2.14 bits per heavy atom. The molecule has 0 bridgehead atoms. The van der Waals surface area contributed by atoms with E-state index in [4.69, 9.17) is 10.2 Å². The third kappa shape index (κ3) is 3.92. The average Bonchev–Trinajstić information content (AvgIpc) is 2.61. The number of likely N-dealkylation sites (tertiary alicyclic amines) is 1. The summed E-state index contributed by atoms with van der Waals surface area (Å²) in [5, 5.41) is 20.8. The lowest BCUT2D eigenvalue weighted by Crippen LogP contribution is -2.39. The first kappa shape index (κ1) is 11.9. The molecule has 0 aromatic heterocycles. The molecule has 1 rings (SSSR count). The van der Waals surface area contributed by atoms with Crippen LogP contribution in [-0.2, 0) is 0 Å². The molecule has 0 aromatic carbocycles. The zero-order chi connectivity index (χ0) is 10.2. The molecule has 4 heteroatoms. The number of hydrogen-bond donors (Lipinski definition) is 3. The topological polar surface area (TPSA) is 55.7 Å². The van der Waals surface area contributed by atoms with E-state index < -0.39 is 0 Å². The van der Waals surface area contributed by atoms with Crippen molar-refractivity contribution in [3.8, 4) is 0 Å². The summed E-state index contributed by atoms with van der Waals surface area (Å²) in [4.78, 5) is 2.34. The maximum atomic E-state index is 8.86. The maximum Gasteiger partial charge on any atom is 0.0558 e. The molecule has 1 fully saturated rings. The van der Waals surface area contributed by atoms with Crippen LogP contribution in [0.15, 0.2) is 0 Å². The first-order valence-electron chi connectivity index (χ1n) is 5.55. The van der Waals surface area contributed by atoms with E-state index in [2.05, 4.69) is 10.2 Å². The van der Waals surface area contributed by atoms with Crippen LogP contribution in [0.2, 0.25) is 0 Å². The van der Waals surface area contributed by atoms with Crippen LogP contribution in [0.1, 0.15) is 19.3 Å². The summed E-state index contributed by atoms with van der Waals surface area (Å²) in [5.41, 5.74) is 0. The zero-order valence-electron chi connectivity index (χ0n) is 8.78. The molecule has 1 heterocycles. The van der Waals surface area contributed by atoms with Gasteiger partial charge >= 0.3 is 0 Å².